The van der Waals surface area contributed by atoms with Gasteiger partial charge in [0.15, 0.2) is 5.13 Å². The van der Waals surface area contributed by atoms with E-state index in [-0.39, 0.29) is 12.4 Å². The molecule has 0 fully saturated rings. The zero-order chi connectivity index (χ0) is 12.8. The summed E-state index contributed by atoms with van der Waals surface area (Å²) in [6.07, 6.45) is 3.46. The first-order chi connectivity index (χ1) is 8.78. The molecule has 7 heteroatoms. The van der Waals surface area contributed by atoms with Crippen LogP contribution in [0.4, 0.5) is 11.1 Å². The second-order valence-corrected chi connectivity index (χ2v) is 4.18. The van der Waals surface area contributed by atoms with Crippen LogP contribution in [0.5, 0.6) is 0 Å². The molecule has 0 bridgehead atoms. The van der Waals surface area contributed by atoms with E-state index in [1.165, 1.54) is 11.3 Å². The molecule has 0 radical (unpaired) electrons. The quantitative estimate of drug-likeness (QED) is 0.829. The number of esters is 1. The Bertz CT molecular complexity index is 515. The van der Waals surface area contributed by atoms with Crippen molar-refractivity contribution in [2.45, 2.75) is 13.3 Å². The summed E-state index contributed by atoms with van der Waals surface area (Å²) in [4.78, 5) is 23.6. The number of hydrogen-bond acceptors (Lipinski definition) is 7. The number of carbonyl (C=O) groups is 1. The van der Waals surface area contributed by atoms with E-state index in [1.807, 2.05) is 5.38 Å². The molecule has 2 heterocycles. The van der Waals surface area contributed by atoms with Crippen LogP contribution in [0, 0.1) is 0 Å². The number of aromatic nitrogens is 3. The predicted molar refractivity (Wildman–Crippen MR) is 67.8 cm³/mol. The molecule has 0 saturated heterocycles. The number of nitrogens with zero attached hydrogens (tertiary/aromatic N) is 3. The third-order valence-electron chi connectivity index (χ3n) is 1.97. The van der Waals surface area contributed by atoms with Crippen molar-refractivity contribution in [3.05, 3.63) is 29.5 Å². The number of anilines is 2. The molecule has 0 aliphatic heterocycles. The molecule has 2 rings (SSSR count). The lowest BCUT2D eigenvalue weighted by Crippen LogP contribution is -2.07. The topological polar surface area (TPSA) is 77.0 Å². The van der Waals surface area contributed by atoms with Crippen molar-refractivity contribution < 1.29 is 9.53 Å². The molecule has 2 aromatic rings. The van der Waals surface area contributed by atoms with E-state index in [0.717, 1.165) is 0 Å². The molecule has 0 saturated carbocycles. The molecule has 0 aromatic carbocycles. The second-order valence-electron chi connectivity index (χ2n) is 3.32. The summed E-state index contributed by atoms with van der Waals surface area (Å²) in [7, 11) is 0. The zero-order valence-electron chi connectivity index (χ0n) is 9.79. The average Bonchev–Trinajstić information content (AvgIpc) is 2.78. The second kappa shape index (κ2) is 6.06. The molecule has 0 spiro atoms. The van der Waals surface area contributed by atoms with E-state index in [9.17, 15) is 4.79 Å². The van der Waals surface area contributed by atoms with Gasteiger partial charge in [0, 0.05) is 17.8 Å². The highest BCUT2D eigenvalue weighted by atomic mass is 32.1. The Balaban J connectivity index is 1.96. The number of ether oxygens (including phenoxy) is 1. The predicted octanol–water partition coefficient (Wildman–Crippen LogP) is 1.78. The van der Waals surface area contributed by atoms with Gasteiger partial charge in [-0.15, -0.1) is 11.3 Å². The molecule has 6 nitrogen and oxygen atoms in total. The van der Waals surface area contributed by atoms with Crippen molar-refractivity contribution in [3.8, 4) is 0 Å². The van der Waals surface area contributed by atoms with Crippen molar-refractivity contribution in [1.29, 1.82) is 0 Å². The lowest BCUT2D eigenvalue weighted by Gasteiger charge is -1.99. The number of thiazole rings is 1. The van der Waals surface area contributed by atoms with Gasteiger partial charge in [0.25, 0.3) is 0 Å². The van der Waals surface area contributed by atoms with Crippen LogP contribution in [0.15, 0.2) is 23.8 Å². The number of nitrogens with one attached hydrogen (secondary N) is 1. The first-order valence-corrected chi connectivity index (χ1v) is 6.30. The van der Waals surface area contributed by atoms with Crippen LogP contribution in [0.1, 0.15) is 12.6 Å². The summed E-state index contributed by atoms with van der Waals surface area (Å²) in [5, 5.41) is 5.42. The number of carbonyl (C=O) groups excluding carboxylic acids is 1. The minimum atomic E-state index is -0.273. The van der Waals surface area contributed by atoms with E-state index >= 15 is 0 Å². The largest absolute Gasteiger partial charge is 0.466 e. The van der Waals surface area contributed by atoms with Crippen LogP contribution >= 0.6 is 11.3 Å². The lowest BCUT2D eigenvalue weighted by molar-refractivity contribution is -0.142. The van der Waals surface area contributed by atoms with Crippen LogP contribution in [0.2, 0.25) is 0 Å². The Morgan fingerprint density at radius 3 is 2.94 bits per heavy atom. The van der Waals surface area contributed by atoms with E-state index in [4.69, 9.17) is 4.74 Å². The van der Waals surface area contributed by atoms with Gasteiger partial charge in [-0.2, -0.15) is 0 Å². The third-order valence-corrected chi connectivity index (χ3v) is 2.77. The van der Waals surface area contributed by atoms with Gasteiger partial charge in [0.2, 0.25) is 5.95 Å². The summed E-state index contributed by atoms with van der Waals surface area (Å²) in [5.74, 6) is 0.208. The highest BCUT2D eigenvalue weighted by Gasteiger charge is 2.08. The molecular formula is C11H12N4O2S. The molecule has 0 amide bonds. The van der Waals surface area contributed by atoms with Crippen LogP contribution in [-0.4, -0.2) is 27.5 Å². The first-order valence-electron chi connectivity index (χ1n) is 5.42. The monoisotopic (exact) mass is 264 g/mol. The summed E-state index contributed by atoms with van der Waals surface area (Å²) >= 11 is 1.39. The molecular weight excluding hydrogens is 252 g/mol. The Labute approximate surface area is 108 Å². The Morgan fingerprint density at radius 1 is 1.44 bits per heavy atom. The zero-order valence-corrected chi connectivity index (χ0v) is 10.6. The molecule has 0 atom stereocenters. The standard InChI is InChI=1S/C11H12N4O2S/c1-2-17-9(16)6-8-7-18-11(14-8)15-10-12-4-3-5-13-10/h3-5,7H,2,6H2,1H3,(H,12,13,14,15). The minimum absolute atomic E-state index is 0.182. The highest BCUT2D eigenvalue weighted by molar-refractivity contribution is 7.13. The molecule has 1 N–H and O–H groups in total. The van der Waals surface area contributed by atoms with E-state index in [0.29, 0.717) is 23.4 Å². The smallest absolute Gasteiger partial charge is 0.311 e. The lowest BCUT2D eigenvalue weighted by atomic mass is 10.3. The fourth-order valence-electron chi connectivity index (χ4n) is 1.26. The van der Waals surface area contributed by atoms with Crippen molar-refractivity contribution in [1.82, 2.24) is 15.0 Å². The molecule has 0 aliphatic rings. The summed E-state index contributed by atoms with van der Waals surface area (Å²) in [6.45, 7) is 2.16. The van der Waals surface area contributed by atoms with Crippen LogP contribution in [0.3, 0.4) is 0 Å². The molecule has 94 valence electrons. The van der Waals surface area contributed by atoms with Crippen LogP contribution < -0.4 is 5.32 Å². The van der Waals surface area contributed by atoms with E-state index in [1.54, 1.807) is 25.4 Å². The molecule has 0 unspecified atom stereocenters. The van der Waals surface area contributed by atoms with Gasteiger partial charge in [-0.25, -0.2) is 15.0 Å². The maximum atomic E-state index is 11.3. The number of hydrogen-bond donors (Lipinski definition) is 1. The highest BCUT2D eigenvalue weighted by Crippen LogP contribution is 2.18. The Morgan fingerprint density at radius 2 is 2.22 bits per heavy atom. The normalized spacial score (nSPS) is 10.1. The van der Waals surface area contributed by atoms with Gasteiger partial charge in [-0.1, -0.05) is 0 Å². The average molecular weight is 264 g/mol. The van der Waals surface area contributed by atoms with Crippen molar-refractivity contribution in [2.24, 2.45) is 0 Å². The van der Waals surface area contributed by atoms with Crippen molar-refractivity contribution in [3.63, 3.8) is 0 Å². The molecule has 2 aromatic heterocycles. The van der Waals surface area contributed by atoms with Crippen LogP contribution in [0.25, 0.3) is 0 Å². The summed E-state index contributed by atoms with van der Waals surface area (Å²) in [6, 6.07) is 1.74. The minimum Gasteiger partial charge on any atom is -0.466 e. The summed E-state index contributed by atoms with van der Waals surface area (Å²) in [5.41, 5.74) is 0.678. The fourth-order valence-corrected chi connectivity index (χ4v) is 1.97. The SMILES string of the molecule is CCOC(=O)Cc1csc(Nc2ncccn2)n1. The van der Waals surface area contributed by atoms with E-state index < -0.39 is 0 Å². The third kappa shape index (κ3) is 3.49. The molecule has 0 aliphatic carbocycles. The summed E-state index contributed by atoms with van der Waals surface area (Å²) < 4.78 is 4.85. The Hall–Kier alpha value is -2.02. The molecule has 18 heavy (non-hydrogen) atoms. The number of rotatable bonds is 5. The van der Waals surface area contributed by atoms with Crippen molar-refractivity contribution in [2.75, 3.05) is 11.9 Å². The first kappa shape index (κ1) is 12.4. The van der Waals surface area contributed by atoms with Gasteiger partial charge < -0.3 is 10.1 Å². The van der Waals surface area contributed by atoms with Gasteiger partial charge in [-0.3, -0.25) is 4.79 Å². The van der Waals surface area contributed by atoms with Gasteiger partial charge in [0.1, 0.15) is 0 Å². The maximum Gasteiger partial charge on any atom is 0.311 e. The van der Waals surface area contributed by atoms with Gasteiger partial charge >= 0.3 is 5.97 Å². The van der Waals surface area contributed by atoms with Crippen molar-refractivity contribution >= 4 is 28.4 Å². The Kier molecular flexibility index (Phi) is 4.19. The van der Waals surface area contributed by atoms with Gasteiger partial charge in [0.05, 0.1) is 18.7 Å². The maximum absolute atomic E-state index is 11.3. The van der Waals surface area contributed by atoms with Crippen LogP contribution in [-0.2, 0) is 16.0 Å². The van der Waals surface area contributed by atoms with Gasteiger partial charge in [-0.05, 0) is 13.0 Å². The van der Waals surface area contributed by atoms with E-state index in [2.05, 4.69) is 20.3 Å². The fraction of sp³-hybridized carbons (Fsp3) is 0.273.